The fourth-order valence-corrected chi connectivity index (χ4v) is 2.31. The van der Waals surface area contributed by atoms with Crippen LogP contribution in [-0.2, 0) is 9.53 Å². The molecule has 0 aromatic heterocycles. The molecule has 1 atom stereocenters. The summed E-state index contributed by atoms with van der Waals surface area (Å²) in [5.41, 5.74) is 2.24. The average Bonchev–Trinajstić information content (AvgIpc) is 2.79. The van der Waals surface area contributed by atoms with Crippen LogP contribution in [0.25, 0.3) is 5.57 Å². The van der Waals surface area contributed by atoms with Crippen molar-refractivity contribution < 1.29 is 19.4 Å². The van der Waals surface area contributed by atoms with Crippen molar-refractivity contribution in [3.05, 3.63) is 47.6 Å². The van der Waals surface area contributed by atoms with Crippen LogP contribution in [0.5, 0.6) is 0 Å². The lowest BCUT2D eigenvalue weighted by atomic mass is 10.1. The number of benzene rings is 1. The number of hydrogen-bond acceptors (Lipinski definition) is 3. The van der Waals surface area contributed by atoms with Crippen molar-refractivity contribution in [2.75, 3.05) is 5.32 Å². The van der Waals surface area contributed by atoms with Gasteiger partial charge in [0.05, 0.1) is 0 Å². The Balaban J connectivity index is 2.08. The first-order chi connectivity index (χ1) is 10.7. The fourth-order valence-electron chi connectivity index (χ4n) is 2.31. The molecule has 0 saturated carbocycles. The van der Waals surface area contributed by atoms with E-state index in [1.165, 1.54) is 0 Å². The van der Waals surface area contributed by atoms with Gasteiger partial charge in [0.2, 0.25) is 0 Å². The zero-order chi connectivity index (χ0) is 17.2. The molecule has 0 saturated heterocycles. The predicted molar refractivity (Wildman–Crippen MR) is 89.2 cm³/mol. The minimum Gasteiger partial charge on any atom is -0.478 e. The van der Waals surface area contributed by atoms with Gasteiger partial charge in [-0.3, -0.25) is 5.32 Å². The molecule has 1 aliphatic carbocycles. The largest absolute Gasteiger partial charge is 0.478 e. The Morgan fingerprint density at radius 3 is 2.26 bits per heavy atom. The van der Waals surface area contributed by atoms with Gasteiger partial charge in [-0.15, -0.1) is 0 Å². The van der Waals surface area contributed by atoms with E-state index in [0.717, 1.165) is 11.1 Å². The zero-order valence-corrected chi connectivity index (χ0v) is 13.7. The Morgan fingerprint density at radius 2 is 1.78 bits per heavy atom. The van der Waals surface area contributed by atoms with Crippen molar-refractivity contribution in [2.45, 2.75) is 33.3 Å². The normalized spacial score (nSPS) is 17.3. The van der Waals surface area contributed by atoms with Crippen molar-refractivity contribution >= 4 is 23.3 Å². The molecule has 0 heterocycles. The number of carboxylic acid groups (broad SMARTS) is 1. The van der Waals surface area contributed by atoms with Crippen LogP contribution in [0.1, 0.15) is 33.3 Å². The third-order valence-electron chi connectivity index (χ3n) is 3.34. The summed E-state index contributed by atoms with van der Waals surface area (Å²) < 4.78 is 5.19. The van der Waals surface area contributed by atoms with Gasteiger partial charge < -0.3 is 9.84 Å². The number of amides is 1. The molecule has 0 radical (unpaired) electrons. The lowest BCUT2D eigenvalue weighted by molar-refractivity contribution is -0.133. The SMILES string of the molecule is CC1C=C(c2ccc(NC(=O)OC(C)(C)C)cc2)C=C1C(=O)O. The van der Waals surface area contributed by atoms with E-state index in [2.05, 4.69) is 5.32 Å². The maximum absolute atomic E-state index is 11.7. The van der Waals surface area contributed by atoms with E-state index in [1.54, 1.807) is 39.0 Å². The number of nitrogens with one attached hydrogen (secondary N) is 1. The Kier molecular flexibility index (Phi) is 4.59. The van der Waals surface area contributed by atoms with E-state index in [4.69, 9.17) is 9.84 Å². The highest BCUT2D eigenvalue weighted by molar-refractivity contribution is 5.95. The van der Waals surface area contributed by atoms with Gasteiger partial charge in [0, 0.05) is 17.2 Å². The van der Waals surface area contributed by atoms with Crippen molar-refractivity contribution in [2.24, 2.45) is 5.92 Å². The summed E-state index contributed by atoms with van der Waals surface area (Å²) >= 11 is 0. The summed E-state index contributed by atoms with van der Waals surface area (Å²) in [4.78, 5) is 22.8. The molecule has 1 aliphatic rings. The fraction of sp³-hybridized carbons (Fsp3) is 0.333. The molecule has 5 heteroatoms. The van der Waals surface area contributed by atoms with Crippen LogP contribution in [-0.4, -0.2) is 22.8 Å². The van der Waals surface area contributed by atoms with E-state index in [0.29, 0.717) is 11.3 Å². The second kappa shape index (κ2) is 6.28. The van der Waals surface area contributed by atoms with E-state index in [1.807, 2.05) is 25.1 Å². The van der Waals surface area contributed by atoms with Crippen molar-refractivity contribution in [3.63, 3.8) is 0 Å². The van der Waals surface area contributed by atoms with Gasteiger partial charge in [-0.2, -0.15) is 0 Å². The van der Waals surface area contributed by atoms with E-state index in [9.17, 15) is 9.59 Å². The number of carbonyl (C=O) groups is 2. The number of carbonyl (C=O) groups excluding carboxylic acids is 1. The first-order valence-corrected chi connectivity index (χ1v) is 7.43. The van der Waals surface area contributed by atoms with Gasteiger partial charge >= 0.3 is 12.1 Å². The van der Waals surface area contributed by atoms with Crippen molar-refractivity contribution in [1.29, 1.82) is 0 Å². The summed E-state index contributed by atoms with van der Waals surface area (Å²) in [6.07, 6.45) is 3.09. The average molecular weight is 315 g/mol. The molecule has 5 nitrogen and oxygen atoms in total. The Bertz CT molecular complexity index is 678. The first kappa shape index (κ1) is 16.8. The molecule has 0 bridgehead atoms. The van der Waals surface area contributed by atoms with Crippen LogP contribution in [0, 0.1) is 5.92 Å². The summed E-state index contributed by atoms with van der Waals surface area (Å²) in [6.45, 7) is 7.26. The molecule has 2 N–H and O–H groups in total. The van der Waals surface area contributed by atoms with Gasteiger partial charge in [-0.25, -0.2) is 9.59 Å². The van der Waals surface area contributed by atoms with E-state index >= 15 is 0 Å². The van der Waals surface area contributed by atoms with Crippen molar-refractivity contribution in [1.82, 2.24) is 0 Å². The molecule has 0 fully saturated rings. The molecule has 1 amide bonds. The Hall–Kier alpha value is -2.56. The monoisotopic (exact) mass is 315 g/mol. The number of allylic oxidation sites excluding steroid dienone is 3. The highest BCUT2D eigenvalue weighted by atomic mass is 16.6. The second-order valence-corrected chi connectivity index (χ2v) is 6.52. The topological polar surface area (TPSA) is 75.6 Å². The molecule has 0 spiro atoms. The molecule has 1 aromatic carbocycles. The van der Waals surface area contributed by atoms with Crippen molar-refractivity contribution in [3.8, 4) is 0 Å². The molecule has 2 rings (SSSR count). The third-order valence-corrected chi connectivity index (χ3v) is 3.34. The standard InChI is InChI=1S/C18H21NO4/c1-11-9-13(10-15(11)16(20)21)12-5-7-14(8-6-12)19-17(22)23-18(2,3)4/h5-11H,1-4H3,(H,19,22)(H,20,21). The van der Waals surface area contributed by atoms with Crippen LogP contribution >= 0.6 is 0 Å². The maximum Gasteiger partial charge on any atom is 0.412 e. The Labute approximate surface area is 135 Å². The second-order valence-electron chi connectivity index (χ2n) is 6.52. The molecule has 122 valence electrons. The van der Waals surface area contributed by atoms with Gasteiger partial charge in [-0.1, -0.05) is 25.1 Å². The lowest BCUT2D eigenvalue weighted by Crippen LogP contribution is -2.27. The molecular weight excluding hydrogens is 294 g/mol. The van der Waals surface area contributed by atoms with Gasteiger partial charge in [0.15, 0.2) is 0 Å². The van der Waals surface area contributed by atoms with Crippen LogP contribution in [0.4, 0.5) is 10.5 Å². The molecule has 1 unspecified atom stereocenters. The summed E-state index contributed by atoms with van der Waals surface area (Å²) in [5, 5.41) is 11.8. The lowest BCUT2D eigenvalue weighted by Gasteiger charge is -2.19. The first-order valence-electron chi connectivity index (χ1n) is 7.43. The number of anilines is 1. The molecule has 23 heavy (non-hydrogen) atoms. The zero-order valence-electron chi connectivity index (χ0n) is 13.7. The smallest absolute Gasteiger partial charge is 0.412 e. The summed E-state index contributed by atoms with van der Waals surface area (Å²) in [7, 11) is 0. The molecular formula is C18H21NO4. The Morgan fingerprint density at radius 1 is 1.17 bits per heavy atom. The minimum absolute atomic E-state index is 0.109. The summed E-state index contributed by atoms with van der Waals surface area (Å²) in [5.74, 6) is -1.01. The number of rotatable bonds is 3. The number of aliphatic carboxylic acids is 1. The van der Waals surface area contributed by atoms with E-state index in [-0.39, 0.29) is 5.92 Å². The molecule has 0 aliphatic heterocycles. The summed E-state index contributed by atoms with van der Waals surface area (Å²) in [6, 6.07) is 7.20. The predicted octanol–water partition coefficient (Wildman–Crippen LogP) is 4.08. The molecule has 1 aromatic rings. The van der Waals surface area contributed by atoms with Crippen LogP contribution in [0.2, 0.25) is 0 Å². The van der Waals surface area contributed by atoms with Crippen LogP contribution < -0.4 is 5.32 Å². The minimum atomic E-state index is -0.896. The maximum atomic E-state index is 11.7. The quantitative estimate of drug-likeness (QED) is 0.881. The third kappa shape index (κ3) is 4.45. The van der Waals surface area contributed by atoms with Crippen LogP contribution in [0.3, 0.4) is 0 Å². The van der Waals surface area contributed by atoms with Crippen LogP contribution in [0.15, 0.2) is 42.0 Å². The number of ether oxygens (including phenoxy) is 1. The highest BCUT2D eigenvalue weighted by Crippen LogP contribution is 2.31. The van der Waals surface area contributed by atoms with Gasteiger partial charge in [0.25, 0.3) is 0 Å². The van der Waals surface area contributed by atoms with Gasteiger partial charge in [0.1, 0.15) is 5.60 Å². The van der Waals surface area contributed by atoms with Gasteiger partial charge in [-0.05, 0) is 50.1 Å². The number of hydrogen-bond donors (Lipinski definition) is 2. The highest BCUT2D eigenvalue weighted by Gasteiger charge is 2.21. The number of carboxylic acids is 1. The van der Waals surface area contributed by atoms with E-state index < -0.39 is 17.7 Å².